The molecule has 2 heteroatoms. The Bertz CT molecular complexity index is 451. The molecule has 1 spiro atoms. The standard InChI is InChI=1S/C17H24BrN/c1-16(2)7-8-17(12-16)9-10-19-11-15(17)13-3-5-14(18)6-4-13/h3-6,15,19H,7-12H2,1-2H3. The van der Waals surface area contributed by atoms with Gasteiger partial charge in [0, 0.05) is 16.9 Å². The van der Waals surface area contributed by atoms with Crippen molar-refractivity contribution in [2.45, 2.75) is 45.4 Å². The van der Waals surface area contributed by atoms with E-state index in [4.69, 9.17) is 0 Å². The molecular weight excluding hydrogens is 298 g/mol. The molecule has 1 saturated heterocycles. The number of benzene rings is 1. The zero-order valence-electron chi connectivity index (χ0n) is 12.0. The van der Waals surface area contributed by atoms with Crippen molar-refractivity contribution in [3.05, 3.63) is 34.3 Å². The summed E-state index contributed by atoms with van der Waals surface area (Å²) in [7, 11) is 0. The molecule has 1 saturated carbocycles. The maximum Gasteiger partial charge on any atom is 0.0175 e. The Labute approximate surface area is 125 Å². The van der Waals surface area contributed by atoms with Gasteiger partial charge in [0.2, 0.25) is 0 Å². The van der Waals surface area contributed by atoms with Crippen LogP contribution in [0.3, 0.4) is 0 Å². The van der Waals surface area contributed by atoms with Gasteiger partial charge in [-0.3, -0.25) is 0 Å². The minimum absolute atomic E-state index is 0.533. The molecule has 1 nitrogen and oxygen atoms in total. The molecule has 0 amide bonds. The number of hydrogen-bond donors (Lipinski definition) is 1. The molecule has 1 N–H and O–H groups in total. The Hall–Kier alpha value is -0.340. The van der Waals surface area contributed by atoms with Crippen LogP contribution in [-0.4, -0.2) is 13.1 Å². The van der Waals surface area contributed by atoms with Crippen LogP contribution in [-0.2, 0) is 0 Å². The topological polar surface area (TPSA) is 12.0 Å². The second-order valence-corrected chi connectivity index (χ2v) is 8.18. The van der Waals surface area contributed by atoms with E-state index in [9.17, 15) is 0 Å². The van der Waals surface area contributed by atoms with Gasteiger partial charge in [0.05, 0.1) is 0 Å². The van der Waals surface area contributed by atoms with Crippen molar-refractivity contribution in [3.63, 3.8) is 0 Å². The fourth-order valence-corrected chi connectivity index (χ4v) is 4.63. The summed E-state index contributed by atoms with van der Waals surface area (Å²) in [6.45, 7) is 7.24. The van der Waals surface area contributed by atoms with Crippen LogP contribution in [0.25, 0.3) is 0 Å². The molecule has 1 heterocycles. The van der Waals surface area contributed by atoms with Crippen molar-refractivity contribution >= 4 is 15.9 Å². The van der Waals surface area contributed by atoms with Crippen LogP contribution in [0.15, 0.2) is 28.7 Å². The lowest BCUT2D eigenvalue weighted by atomic mass is 9.65. The SMILES string of the molecule is CC1(C)CCC2(CCNCC2c2ccc(Br)cc2)C1. The second kappa shape index (κ2) is 4.89. The highest BCUT2D eigenvalue weighted by molar-refractivity contribution is 9.10. The summed E-state index contributed by atoms with van der Waals surface area (Å²) < 4.78 is 1.18. The molecule has 2 aliphatic rings. The van der Waals surface area contributed by atoms with Crippen molar-refractivity contribution in [2.24, 2.45) is 10.8 Å². The average molecular weight is 322 g/mol. The number of nitrogens with one attached hydrogen (secondary N) is 1. The van der Waals surface area contributed by atoms with Crippen LogP contribution in [0.5, 0.6) is 0 Å². The number of hydrogen-bond acceptors (Lipinski definition) is 1. The van der Waals surface area contributed by atoms with Crippen molar-refractivity contribution in [1.29, 1.82) is 0 Å². The van der Waals surface area contributed by atoms with E-state index in [0.717, 1.165) is 6.54 Å². The average Bonchev–Trinajstić information content (AvgIpc) is 2.67. The molecule has 1 aliphatic carbocycles. The fraction of sp³-hybridized carbons (Fsp3) is 0.647. The fourth-order valence-electron chi connectivity index (χ4n) is 4.37. The van der Waals surface area contributed by atoms with Crippen LogP contribution in [0.2, 0.25) is 0 Å². The molecular formula is C17H24BrN. The largest absolute Gasteiger partial charge is 0.316 e. The first-order valence-electron chi connectivity index (χ1n) is 7.47. The Morgan fingerprint density at radius 3 is 2.47 bits per heavy atom. The second-order valence-electron chi connectivity index (χ2n) is 7.26. The maximum absolute atomic E-state index is 3.61. The summed E-state index contributed by atoms with van der Waals surface area (Å²) in [6.07, 6.45) is 5.53. The van der Waals surface area contributed by atoms with E-state index >= 15 is 0 Å². The molecule has 2 atom stereocenters. The molecule has 0 bridgehead atoms. The van der Waals surface area contributed by atoms with E-state index in [0.29, 0.717) is 16.7 Å². The van der Waals surface area contributed by atoms with Crippen molar-refractivity contribution in [2.75, 3.05) is 13.1 Å². The molecule has 1 aliphatic heterocycles. The van der Waals surface area contributed by atoms with Crippen molar-refractivity contribution in [1.82, 2.24) is 5.32 Å². The van der Waals surface area contributed by atoms with Gasteiger partial charge in [-0.1, -0.05) is 41.9 Å². The first-order valence-corrected chi connectivity index (χ1v) is 8.26. The van der Waals surface area contributed by atoms with Crippen LogP contribution in [0.4, 0.5) is 0 Å². The van der Waals surface area contributed by atoms with Crippen LogP contribution in [0.1, 0.15) is 51.0 Å². The van der Waals surface area contributed by atoms with E-state index in [1.807, 2.05) is 0 Å². The van der Waals surface area contributed by atoms with E-state index < -0.39 is 0 Å². The summed E-state index contributed by atoms with van der Waals surface area (Å²) >= 11 is 3.55. The third kappa shape index (κ3) is 2.62. The predicted molar refractivity (Wildman–Crippen MR) is 84.4 cm³/mol. The van der Waals surface area contributed by atoms with Crippen LogP contribution < -0.4 is 5.32 Å². The monoisotopic (exact) mass is 321 g/mol. The van der Waals surface area contributed by atoms with Gasteiger partial charge in [-0.2, -0.15) is 0 Å². The summed E-state index contributed by atoms with van der Waals surface area (Å²) in [4.78, 5) is 0. The first kappa shape index (κ1) is 13.6. The minimum Gasteiger partial charge on any atom is -0.316 e. The smallest absolute Gasteiger partial charge is 0.0175 e. The Balaban J connectivity index is 1.91. The summed E-state index contributed by atoms with van der Waals surface area (Å²) in [5, 5.41) is 3.61. The lowest BCUT2D eigenvalue weighted by Gasteiger charge is -2.43. The van der Waals surface area contributed by atoms with E-state index in [2.05, 4.69) is 59.4 Å². The first-order chi connectivity index (χ1) is 9.01. The van der Waals surface area contributed by atoms with Gasteiger partial charge in [-0.15, -0.1) is 0 Å². The van der Waals surface area contributed by atoms with Gasteiger partial charge in [-0.05, 0) is 60.8 Å². The van der Waals surface area contributed by atoms with Crippen LogP contribution >= 0.6 is 15.9 Å². The number of rotatable bonds is 1. The molecule has 19 heavy (non-hydrogen) atoms. The van der Waals surface area contributed by atoms with Gasteiger partial charge in [-0.25, -0.2) is 0 Å². The third-order valence-electron chi connectivity index (χ3n) is 5.29. The summed E-state index contributed by atoms with van der Waals surface area (Å²) in [5.74, 6) is 0.691. The highest BCUT2D eigenvalue weighted by Crippen LogP contribution is 2.58. The Kier molecular flexibility index (Phi) is 3.51. The minimum atomic E-state index is 0.533. The number of piperidine rings is 1. The van der Waals surface area contributed by atoms with Crippen molar-refractivity contribution in [3.8, 4) is 0 Å². The predicted octanol–water partition coefficient (Wildman–Crippen LogP) is 4.72. The molecule has 104 valence electrons. The quantitative estimate of drug-likeness (QED) is 0.789. The lowest BCUT2D eigenvalue weighted by molar-refractivity contribution is 0.151. The molecule has 1 aromatic carbocycles. The normalized spacial score (nSPS) is 33.7. The maximum atomic E-state index is 3.61. The Morgan fingerprint density at radius 2 is 1.84 bits per heavy atom. The summed E-state index contributed by atoms with van der Waals surface area (Å²) in [5.41, 5.74) is 2.60. The molecule has 2 fully saturated rings. The van der Waals surface area contributed by atoms with Gasteiger partial charge in [0.1, 0.15) is 0 Å². The van der Waals surface area contributed by atoms with Crippen molar-refractivity contribution < 1.29 is 0 Å². The van der Waals surface area contributed by atoms with Gasteiger partial charge >= 0.3 is 0 Å². The molecule has 2 unspecified atom stereocenters. The zero-order chi connectivity index (χ0) is 13.5. The molecule has 1 aromatic rings. The Morgan fingerprint density at radius 1 is 1.11 bits per heavy atom. The zero-order valence-corrected chi connectivity index (χ0v) is 13.6. The van der Waals surface area contributed by atoms with Gasteiger partial charge in [0.15, 0.2) is 0 Å². The lowest BCUT2D eigenvalue weighted by Crippen LogP contribution is -2.42. The number of halogens is 1. The van der Waals surface area contributed by atoms with Crippen LogP contribution in [0, 0.1) is 10.8 Å². The molecule has 0 aromatic heterocycles. The summed E-state index contributed by atoms with van der Waals surface area (Å²) in [6, 6.07) is 9.01. The van der Waals surface area contributed by atoms with Gasteiger partial charge in [0.25, 0.3) is 0 Å². The third-order valence-corrected chi connectivity index (χ3v) is 5.82. The molecule has 0 radical (unpaired) electrons. The highest BCUT2D eigenvalue weighted by Gasteiger charge is 2.49. The van der Waals surface area contributed by atoms with E-state index in [1.54, 1.807) is 0 Å². The van der Waals surface area contributed by atoms with E-state index in [1.165, 1.54) is 42.3 Å². The highest BCUT2D eigenvalue weighted by atomic mass is 79.9. The van der Waals surface area contributed by atoms with E-state index in [-0.39, 0.29) is 0 Å². The molecule has 3 rings (SSSR count). The van der Waals surface area contributed by atoms with Gasteiger partial charge < -0.3 is 5.32 Å².